The lowest BCUT2D eigenvalue weighted by atomic mass is 10.2. The number of nitrogens with zero attached hydrogens (tertiary/aromatic N) is 1. The molecule has 0 amide bonds. The van der Waals surface area contributed by atoms with Crippen LogP contribution in [-0.4, -0.2) is 23.3 Å². The highest BCUT2D eigenvalue weighted by atomic mass is 35.5. The van der Waals surface area contributed by atoms with Gasteiger partial charge in [-0.25, -0.2) is 0 Å². The molecule has 84 valence electrons. The first-order chi connectivity index (χ1) is 7.33. The minimum Gasteiger partial charge on any atom is -0.492 e. The Hall–Kier alpha value is -0.800. The standard InChI is InChI=1S/C11H16ClNO2/c12-10-7-11(9-13-8-10)15-6-4-2-1-3-5-14/h7-9,14H,1-6H2. The lowest BCUT2D eigenvalue weighted by Crippen LogP contribution is -1.97. The second-order valence-electron chi connectivity index (χ2n) is 3.33. The van der Waals surface area contributed by atoms with Crippen LogP contribution in [-0.2, 0) is 0 Å². The summed E-state index contributed by atoms with van der Waals surface area (Å²) in [4.78, 5) is 3.92. The van der Waals surface area contributed by atoms with E-state index in [0.29, 0.717) is 17.4 Å². The van der Waals surface area contributed by atoms with Crippen molar-refractivity contribution in [3.8, 4) is 5.75 Å². The van der Waals surface area contributed by atoms with E-state index in [9.17, 15) is 0 Å². The Morgan fingerprint density at radius 2 is 2.00 bits per heavy atom. The average molecular weight is 230 g/mol. The molecule has 0 spiro atoms. The summed E-state index contributed by atoms with van der Waals surface area (Å²) in [6, 6.07) is 1.75. The average Bonchev–Trinajstić information content (AvgIpc) is 2.23. The quantitative estimate of drug-likeness (QED) is 0.731. The van der Waals surface area contributed by atoms with Crippen LogP contribution in [0.2, 0.25) is 5.02 Å². The summed E-state index contributed by atoms with van der Waals surface area (Å²) in [6.45, 7) is 0.951. The molecule has 1 heterocycles. The predicted molar refractivity (Wildman–Crippen MR) is 60.3 cm³/mol. The van der Waals surface area contributed by atoms with Crippen LogP contribution in [0.25, 0.3) is 0 Å². The topological polar surface area (TPSA) is 42.4 Å². The second-order valence-corrected chi connectivity index (χ2v) is 3.76. The molecule has 1 rings (SSSR count). The summed E-state index contributed by atoms with van der Waals surface area (Å²) >= 11 is 5.76. The SMILES string of the molecule is OCCCCCCOc1cncc(Cl)c1. The number of aromatic nitrogens is 1. The van der Waals surface area contributed by atoms with Gasteiger partial charge in [-0.3, -0.25) is 4.98 Å². The highest BCUT2D eigenvalue weighted by Crippen LogP contribution is 2.15. The van der Waals surface area contributed by atoms with Crippen LogP contribution in [0.15, 0.2) is 18.5 Å². The number of hydrogen-bond donors (Lipinski definition) is 1. The van der Waals surface area contributed by atoms with E-state index in [1.807, 2.05) is 0 Å². The summed E-state index contributed by atoms with van der Waals surface area (Å²) in [6.07, 6.45) is 7.22. The maximum absolute atomic E-state index is 8.58. The van der Waals surface area contributed by atoms with Crippen LogP contribution >= 0.6 is 11.6 Å². The van der Waals surface area contributed by atoms with Crippen molar-refractivity contribution >= 4 is 11.6 Å². The number of aliphatic hydroxyl groups excluding tert-OH is 1. The summed E-state index contributed by atoms with van der Waals surface area (Å²) in [7, 11) is 0. The molecule has 0 aliphatic carbocycles. The molecule has 0 bridgehead atoms. The van der Waals surface area contributed by atoms with Crippen molar-refractivity contribution in [2.45, 2.75) is 25.7 Å². The molecule has 3 nitrogen and oxygen atoms in total. The molecule has 1 aromatic heterocycles. The Kier molecular flexibility index (Phi) is 6.12. The first-order valence-electron chi connectivity index (χ1n) is 5.17. The van der Waals surface area contributed by atoms with Crippen molar-refractivity contribution in [3.63, 3.8) is 0 Å². The Balaban J connectivity index is 2.10. The molecule has 0 aromatic carbocycles. The Labute approximate surface area is 95.1 Å². The third-order valence-electron chi connectivity index (χ3n) is 2.00. The molecular weight excluding hydrogens is 214 g/mol. The van der Waals surface area contributed by atoms with Gasteiger partial charge in [0.15, 0.2) is 0 Å². The zero-order chi connectivity index (χ0) is 10.9. The first kappa shape index (κ1) is 12.3. The molecule has 0 fully saturated rings. The van der Waals surface area contributed by atoms with Gasteiger partial charge in [0.25, 0.3) is 0 Å². The fraction of sp³-hybridized carbons (Fsp3) is 0.545. The summed E-state index contributed by atoms with van der Waals surface area (Å²) in [5, 5.41) is 9.17. The highest BCUT2D eigenvalue weighted by Gasteiger charge is 1.95. The monoisotopic (exact) mass is 229 g/mol. The molecule has 4 heteroatoms. The zero-order valence-corrected chi connectivity index (χ0v) is 9.41. The minimum absolute atomic E-state index is 0.277. The maximum atomic E-state index is 8.58. The van der Waals surface area contributed by atoms with Crippen LogP contribution in [0.5, 0.6) is 5.75 Å². The number of unbranched alkanes of at least 4 members (excludes halogenated alkanes) is 3. The number of pyridine rings is 1. The molecule has 0 aliphatic heterocycles. The van der Waals surface area contributed by atoms with Gasteiger partial charge < -0.3 is 9.84 Å². The van der Waals surface area contributed by atoms with E-state index in [1.54, 1.807) is 18.5 Å². The third-order valence-corrected chi connectivity index (χ3v) is 2.21. The van der Waals surface area contributed by atoms with E-state index in [-0.39, 0.29) is 6.61 Å². The number of ether oxygens (including phenoxy) is 1. The van der Waals surface area contributed by atoms with Gasteiger partial charge in [-0.2, -0.15) is 0 Å². The highest BCUT2D eigenvalue weighted by molar-refractivity contribution is 6.30. The molecule has 0 unspecified atom stereocenters. The fourth-order valence-corrected chi connectivity index (χ4v) is 1.39. The first-order valence-corrected chi connectivity index (χ1v) is 5.55. The molecule has 0 saturated heterocycles. The van der Waals surface area contributed by atoms with E-state index in [4.69, 9.17) is 21.4 Å². The maximum Gasteiger partial charge on any atom is 0.139 e. The molecule has 0 saturated carbocycles. The Morgan fingerprint density at radius 3 is 2.73 bits per heavy atom. The van der Waals surface area contributed by atoms with Gasteiger partial charge in [-0.05, 0) is 19.3 Å². The fourth-order valence-electron chi connectivity index (χ4n) is 1.23. The molecule has 0 atom stereocenters. The molecule has 0 aliphatic rings. The smallest absolute Gasteiger partial charge is 0.139 e. The lowest BCUT2D eigenvalue weighted by Gasteiger charge is -2.05. The van der Waals surface area contributed by atoms with Crippen LogP contribution < -0.4 is 4.74 Å². The van der Waals surface area contributed by atoms with Gasteiger partial charge in [0.1, 0.15) is 5.75 Å². The van der Waals surface area contributed by atoms with E-state index >= 15 is 0 Å². The summed E-state index contributed by atoms with van der Waals surface area (Å²) in [5.41, 5.74) is 0. The predicted octanol–water partition coefficient (Wildman–Crippen LogP) is 2.67. The summed E-state index contributed by atoms with van der Waals surface area (Å²) in [5.74, 6) is 0.713. The van der Waals surface area contributed by atoms with Gasteiger partial charge in [0, 0.05) is 18.9 Å². The second kappa shape index (κ2) is 7.49. The molecule has 15 heavy (non-hydrogen) atoms. The van der Waals surface area contributed by atoms with Gasteiger partial charge in [0.2, 0.25) is 0 Å². The largest absolute Gasteiger partial charge is 0.492 e. The van der Waals surface area contributed by atoms with Crippen LogP contribution in [0.4, 0.5) is 0 Å². The number of rotatable bonds is 7. The number of aliphatic hydroxyl groups is 1. The van der Waals surface area contributed by atoms with E-state index < -0.39 is 0 Å². The van der Waals surface area contributed by atoms with Crippen molar-refractivity contribution in [2.75, 3.05) is 13.2 Å². The number of halogens is 1. The van der Waals surface area contributed by atoms with Crippen molar-refractivity contribution in [1.29, 1.82) is 0 Å². The van der Waals surface area contributed by atoms with Crippen LogP contribution in [0.3, 0.4) is 0 Å². The Bertz CT molecular complexity index is 281. The normalized spacial score (nSPS) is 10.3. The van der Waals surface area contributed by atoms with Gasteiger partial charge in [-0.15, -0.1) is 0 Å². The summed E-state index contributed by atoms with van der Waals surface area (Å²) < 4.78 is 5.46. The van der Waals surface area contributed by atoms with Crippen LogP contribution in [0.1, 0.15) is 25.7 Å². The lowest BCUT2D eigenvalue weighted by molar-refractivity contribution is 0.273. The van der Waals surface area contributed by atoms with Gasteiger partial charge in [-0.1, -0.05) is 18.0 Å². The van der Waals surface area contributed by atoms with Crippen molar-refractivity contribution in [2.24, 2.45) is 0 Å². The van der Waals surface area contributed by atoms with Crippen molar-refractivity contribution in [3.05, 3.63) is 23.5 Å². The van der Waals surface area contributed by atoms with E-state index in [2.05, 4.69) is 4.98 Å². The van der Waals surface area contributed by atoms with Crippen molar-refractivity contribution in [1.82, 2.24) is 4.98 Å². The van der Waals surface area contributed by atoms with Gasteiger partial charge in [0.05, 0.1) is 17.8 Å². The molecule has 0 radical (unpaired) electrons. The van der Waals surface area contributed by atoms with Crippen molar-refractivity contribution < 1.29 is 9.84 Å². The zero-order valence-electron chi connectivity index (χ0n) is 8.66. The van der Waals surface area contributed by atoms with Gasteiger partial charge >= 0.3 is 0 Å². The molecular formula is C11H16ClNO2. The Morgan fingerprint density at radius 1 is 1.20 bits per heavy atom. The molecule has 1 N–H and O–H groups in total. The van der Waals surface area contributed by atoms with Crippen LogP contribution in [0, 0.1) is 0 Å². The molecule has 1 aromatic rings. The minimum atomic E-state index is 0.277. The third kappa shape index (κ3) is 5.60. The number of hydrogen-bond acceptors (Lipinski definition) is 3. The van der Waals surface area contributed by atoms with E-state index in [0.717, 1.165) is 25.7 Å². The van der Waals surface area contributed by atoms with E-state index in [1.165, 1.54) is 0 Å².